The second-order valence-electron chi connectivity index (χ2n) is 6.46. The Kier molecular flexibility index (Phi) is 5.45. The van der Waals surface area contributed by atoms with E-state index >= 15 is 0 Å². The Bertz CT molecular complexity index is 1240. The molecule has 0 radical (unpaired) electrons. The molecular weight excluding hydrogens is 449 g/mol. The zero-order valence-corrected chi connectivity index (χ0v) is 16.7. The number of rotatable bonds is 5. The molecule has 0 aliphatic rings. The first-order valence-electron chi connectivity index (χ1n) is 8.92. The zero-order valence-electron chi connectivity index (χ0n) is 16.0. The molecule has 4 rings (SSSR count). The van der Waals surface area contributed by atoms with Crippen LogP contribution in [0, 0.1) is 0 Å². The van der Waals surface area contributed by atoms with Crippen LogP contribution in [-0.2, 0) is 6.18 Å². The number of aromatic amines is 1. The topological polar surface area (TPSA) is 141 Å². The monoisotopic (exact) mass is 462 g/mol. The van der Waals surface area contributed by atoms with Crippen molar-refractivity contribution in [2.75, 3.05) is 16.8 Å². The molecule has 164 valence electrons. The standard InChI is InChI=1S/C19H14ClF3N8O/c20-13-6-1-9(7-12(13)19(21,22)23)16-29-18(31-30-16)26-10-2-4-11(5-3-10)32-15-8-14(24)27-17(25)28-15/h1-8H,(H4,24,25,27,28)(H2,26,29,30,31). The lowest BCUT2D eigenvalue weighted by atomic mass is 10.1. The molecule has 6 N–H and O–H groups in total. The van der Waals surface area contributed by atoms with Crippen LogP contribution >= 0.6 is 11.6 Å². The summed E-state index contributed by atoms with van der Waals surface area (Å²) in [6.07, 6.45) is -4.58. The molecule has 0 atom stereocenters. The van der Waals surface area contributed by atoms with Crippen LogP contribution in [0.3, 0.4) is 0 Å². The molecule has 9 nitrogen and oxygen atoms in total. The lowest BCUT2D eigenvalue weighted by Gasteiger charge is -2.09. The van der Waals surface area contributed by atoms with Crippen molar-refractivity contribution in [2.24, 2.45) is 0 Å². The van der Waals surface area contributed by atoms with Gasteiger partial charge < -0.3 is 26.5 Å². The number of nitrogen functional groups attached to an aromatic ring is 2. The minimum atomic E-state index is -4.58. The highest BCUT2D eigenvalue weighted by Crippen LogP contribution is 2.36. The number of aromatic nitrogens is 5. The SMILES string of the molecule is Nc1cc(Oc2ccc(Nc3nnc(-c4ccc(Cl)c(C(F)(F)F)c4)[nH]3)cc2)nc(N)n1. The van der Waals surface area contributed by atoms with Crippen molar-refractivity contribution in [1.82, 2.24) is 25.1 Å². The molecule has 2 heterocycles. The highest BCUT2D eigenvalue weighted by atomic mass is 35.5. The summed E-state index contributed by atoms with van der Waals surface area (Å²) < 4.78 is 44.8. The number of ether oxygens (including phenoxy) is 1. The highest BCUT2D eigenvalue weighted by Gasteiger charge is 2.33. The summed E-state index contributed by atoms with van der Waals surface area (Å²) in [4.78, 5) is 10.5. The van der Waals surface area contributed by atoms with Gasteiger partial charge in [0.2, 0.25) is 17.8 Å². The first kappa shape index (κ1) is 21.2. The minimum absolute atomic E-state index is 0.0116. The largest absolute Gasteiger partial charge is 0.439 e. The number of anilines is 4. The molecule has 0 fully saturated rings. The van der Waals surface area contributed by atoms with Crippen molar-refractivity contribution in [1.29, 1.82) is 0 Å². The fraction of sp³-hybridized carbons (Fsp3) is 0.0526. The van der Waals surface area contributed by atoms with Crippen molar-refractivity contribution in [3.63, 3.8) is 0 Å². The van der Waals surface area contributed by atoms with Gasteiger partial charge in [0, 0.05) is 17.3 Å². The van der Waals surface area contributed by atoms with E-state index in [4.69, 9.17) is 27.8 Å². The average molecular weight is 463 g/mol. The summed E-state index contributed by atoms with van der Waals surface area (Å²) in [7, 11) is 0. The van der Waals surface area contributed by atoms with E-state index in [1.165, 1.54) is 12.1 Å². The van der Waals surface area contributed by atoms with Crippen LogP contribution in [0.25, 0.3) is 11.4 Å². The summed E-state index contributed by atoms with van der Waals surface area (Å²) >= 11 is 5.65. The fourth-order valence-electron chi connectivity index (χ4n) is 2.72. The molecule has 0 amide bonds. The summed E-state index contributed by atoms with van der Waals surface area (Å²) in [5.74, 6) is 1.20. The van der Waals surface area contributed by atoms with Crippen LogP contribution < -0.4 is 21.5 Å². The summed E-state index contributed by atoms with van der Waals surface area (Å²) in [6.45, 7) is 0. The van der Waals surface area contributed by atoms with Gasteiger partial charge in [-0.3, -0.25) is 0 Å². The van der Waals surface area contributed by atoms with Crippen molar-refractivity contribution < 1.29 is 17.9 Å². The molecule has 0 aliphatic carbocycles. The van der Waals surface area contributed by atoms with E-state index in [0.29, 0.717) is 11.4 Å². The molecular formula is C19H14ClF3N8O. The van der Waals surface area contributed by atoms with Crippen LogP contribution in [-0.4, -0.2) is 25.1 Å². The van der Waals surface area contributed by atoms with Gasteiger partial charge in [-0.05, 0) is 42.5 Å². The summed E-state index contributed by atoms with van der Waals surface area (Å²) in [5, 5.41) is 10.4. The van der Waals surface area contributed by atoms with E-state index in [2.05, 4.69) is 30.5 Å². The molecule has 0 bridgehead atoms. The second-order valence-corrected chi connectivity index (χ2v) is 6.86. The van der Waals surface area contributed by atoms with Gasteiger partial charge in [0.25, 0.3) is 0 Å². The predicted octanol–water partition coefficient (Wildman–Crippen LogP) is 4.63. The van der Waals surface area contributed by atoms with Crippen LogP contribution in [0.5, 0.6) is 11.6 Å². The number of H-pyrrole nitrogens is 1. The Morgan fingerprint density at radius 2 is 1.72 bits per heavy atom. The molecule has 0 unspecified atom stereocenters. The smallest absolute Gasteiger partial charge is 0.417 e. The Hall–Kier alpha value is -4.06. The van der Waals surface area contributed by atoms with Gasteiger partial charge in [0.1, 0.15) is 11.6 Å². The first-order chi connectivity index (χ1) is 15.2. The maximum atomic E-state index is 13.1. The number of hydrogen-bond acceptors (Lipinski definition) is 8. The van der Waals surface area contributed by atoms with Gasteiger partial charge in [0.05, 0.1) is 10.6 Å². The van der Waals surface area contributed by atoms with Crippen LogP contribution in [0.2, 0.25) is 5.02 Å². The number of nitrogens with zero attached hydrogens (tertiary/aromatic N) is 4. The van der Waals surface area contributed by atoms with Crippen LogP contribution in [0.4, 0.5) is 36.6 Å². The Labute approximate surface area is 183 Å². The van der Waals surface area contributed by atoms with E-state index in [1.807, 2.05) is 0 Å². The third-order valence-corrected chi connectivity index (χ3v) is 4.44. The van der Waals surface area contributed by atoms with Crippen LogP contribution in [0.1, 0.15) is 5.56 Å². The molecule has 0 aliphatic heterocycles. The number of nitrogens with two attached hydrogens (primary N) is 2. The maximum Gasteiger partial charge on any atom is 0.417 e. The van der Waals surface area contributed by atoms with Gasteiger partial charge >= 0.3 is 6.18 Å². The number of alkyl halides is 3. The predicted molar refractivity (Wildman–Crippen MR) is 112 cm³/mol. The Morgan fingerprint density at radius 3 is 2.41 bits per heavy atom. The lowest BCUT2D eigenvalue weighted by molar-refractivity contribution is -0.137. The lowest BCUT2D eigenvalue weighted by Crippen LogP contribution is -2.06. The molecule has 2 aromatic heterocycles. The van der Waals surface area contributed by atoms with Gasteiger partial charge in [-0.1, -0.05) is 11.6 Å². The van der Waals surface area contributed by atoms with E-state index < -0.39 is 16.8 Å². The summed E-state index contributed by atoms with van der Waals surface area (Å²) in [5.41, 5.74) is 11.0. The minimum Gasteiger partial charge on any atom is -0.439 e. The van der Waals surface area contributed by atoms with Gasteiger partial charge in [0.15, 0.2) is 5.82 Å². The van der Waals surface area contributed by atoms with E-state index in [-0.39, 0.29) is 35.0 Å². The van der Waals surface area contributed by atoms with E-state index in [0.717, 1.165) is 12.1 Å². The van der Waals surface area contributed by atoms with E-state index in [1.54, 1.807) is 24.3 Å². The fourth-order valence-corrected chi connectivity index (χ4v) is 2.94. The zero-order chi connectivity index (χ0) is 22.9. The molecule has 13 heteroatoms. The third-order valence-electron chi connectivity index (χ3n) is 4.11. The third kappa shape index (κ3) is 4.81. The second kappa shape index (κ2) is 8.23. The number of hydrogen-bond donors (Lipinski definition) is 4. The number of nitrogens with one attached hydrogen (secondary N) is 2. The van der Waals surface area contributed by atoms with Gasteiger partial charge in [-0.15, -0.1) is 10.2 Å². The van der Waals surface area contributed by atoms with Crippen molar-refractivity contribution in [3.05, 3.63) is 59.1 Å². The molecule has 32 heavy (non-hydrogen) atoms. The Morgan fingerprint density at radius 1 is 0.969 bits per heavy atom. The molecule has 2 aromatic carbocycles. The van der Waals surface area contributed by atoms with Crippen LogP contribution in [0.15, 0.2) is 48.5 Å². The van der Waals surface area contributed by atoms with Gasteiger partial charge in [-0.2, -0.15) is 23.1 Å². The van der Waals surface area contributed by atoms with Crippen molar-refractivity contribution in [2.45, 2.75) is 6.18 Å². The Balaban J connectivity index is 1.47. The molecule has 0 saturated carbocycles. The number of halogens is 4. The molecule has 4 aromatic rings. The van der Waals surface area contributed by atoms with Gasteiger partial charge in [-0.25, -0.2) is 0 Å². The average Bonchev–Trinajstić information content (AvgIpc) is 3.17. The number of benzene rings is 2. The van der Waals surface area contributed by atoms with E-state index in [9.17, 15) is 13.2 Å². The van der Waals surface area contributed by atoms with Crippen molar-refractivity contribution >= 4 is 35.0 Å². The molecule has 0 saturated heterocycles. The summed E-state index contributed by atoms with van der Waals surface area (Å²) in [6, 6.07) is 11.6. The highest BCUT2D eigenvalue weighted by molar-refractivity contribution is 6.31. The first-order valence-corrected chi connectivity index (χ1v) is 9.30. The molecule has 0 spiro atoms. The normalized spacial score (nSPS) is 11.4. The van der Waals surface area contributed by atoms with Crippen molar-refractivity contribution in [3.8, 4) is 23.0 Å². The quantitative estimate of drug-likeness (QED) is 0.336. The maximum absolute atomic E-state index is 13.1.